The van der Waals surface area contributed by atoms with Crippen LogP contribution < -0.4 is 11.0 Å². The van der Waals surface area contributed by atoms with E-state index in [4.69, 9.17) is 0 Å². The Morgan fingerprint density at radius 2 is 2.00 bits per heavy atom. The molecule has 0 aliphatic heterocycles. The third kappa shape index (κ3) is 2.13. The van der Waals surface area contributed by atoms with E-state index < -0.39 is 0 Å². The molecule has 5 heteroatoms. The lowest BCUT2D eigenvalue weighted by Gasteiger charge is -2.04. The Morgan fingerprint density at radius 3 is 2.67 bits per heavy atom. The first kappa shape index (κ1) is 10.4. The topological polar surface area (TPSA) is 60.7 Å². The molecule has 1 aromatic heterocycles. The molecular formula is C10H12BrN3O. The number of rotatable bonds is 3. The van der Waals surface area contributed by atoms with Crippen LogP contribution in [-0.2, 0) is 6.54 Å². The maximum atomic E-state index is 11.1. The average molecular weight is 270 g/mol. The summed E-state index contributed by atoms with van der Waals surface area (Å²) in [5.74, 6) is 0. The van der Waals surface area contributed by atoms with Crippen LogP contribution >= 0.6 is 15.9 Å². The number of halogens is 1. The zero-order chi connectivity index (χ0) is 10.8. The highest BCUT2D eigenvalue weighted by Crippen LogP contribution is 2.21. The molecule has 2 aromatic rings. The third-order valence-corrected chi connectivity index (χ3v) is 2.99. The lowest BCUT2D eigenvalue weighted by molar-refractivity contribution is 0.725. The predicted octanol–water partition coefficient (Wildman–Crippen LogP) is 1.73. The number of aromatic nitrogens is 2. The molecule has 3 N–H and O–H groups in total. The van der Waals surface area contributed by atoms with Gasteiger partial charge in [-0.25, -0.2) is 4.79 Å². The normalized spacial score (nSPS) is 11.1. The average Bonchev–Trinajstić information content (AvgIpc) is 2.53. The molecule has 4 nitrogen and oxygen atoms in total. The van der Waals surface area contributed by atoms with Crippen molar-refractivity contribution in [2.75, 3.05) is 6.54 Å². The molecule has 80 valence electrons. The molecule has 0 unspecified atom stereocenters. The fraction of sp³-hybridized carbons (Fsp3) is 0.300. The predicted molar refractivity (Wildman–Crippen MR) is 64.0 cm³/mol. The quantitative estimate of drug-likeness (QED) is 0.795. The zero-order valence-electron chi connectivity index (χ0n) is 8.36. The molecule has 1 aromatic carbocycles. The van der Waals surface area contributed by atoms with E-state index >= 15 is 0 Å². The fourth-order valence-electron chi connectivity index (χ4n) is 1.50. The van der Waals surface area contributed by atoms with E-state index in [2.05, 4.69) is 38.1 Å². The van der Waals surface area contributed by atoms with E-state index in [-0.39, 0.29) is 5.69 Å². The Balaban J connectivity index is 2.46. The van der Waals surface area contributed by atoms with Crippen LogP contribution in [0.4, 0.5) is 0 Å². The standard InChI is InChI=1S/C10H12BrN3O/c1-2-12-5-6-3-8-9(4-7(6)11)14-10(15)13-8/h3-4,12H,2,5H2,1H3,(H2,13,14,15). The fourth-order valence-corrected chi connectivity index (χ4v) is 1.98. The van der Waals surface area contributed by atoms with Gasteiger partial charge < -0.3 is 15.3 Å². The smallest absolute Gasteiger partial charge is 0.313 e. The van der Waals surface area contributed by atoms with Gasteiger partial charge in [-0.05, 0) is 24.2 Å². The van der Waals surface area contributed by atoms with Crippen molar-refractivity contribution in [2.24, 2.45) is 0 Å². The van der Waals surface area contributed by atoms with Gasteiger partial charge in [0.1, 0.15) is 0 Å². The summed E-state index contributed by atoms with van der Waals surface area (Å²) in [7, 11) is 0. The van der Waals surface area contributed by atoms with Crippen molar-refractivity contribution in [3.63, 3.8) is 0 Å². The highest BCUT2D eigenvalue weighted by Gasteiger charge is 2.04. The van der Waals surface area contributed by atoms with Crippen LogP contribution in [0.5, 0.6) is 0 Å². The van der Waals surface area contributed by atoms with Crippen molar-refractivity contribution < 1.29 is 0 Å². The second-order valence-electron chi connectivity index (χ2n) is 3.35. The first-order chi connectivity index (χ1) is 7.20. The summed E-state index contributed by atoms with van der Waals surface area (Å²) in [6, 6.07) is 3.89. The minimum atomic E-state index is -0.169. The number of nitrogens with one attached hydrogen (secondary N) is 3. The molecule has 0 amide bonds. The van der Waals surface area contributed by atoms with Gasteiger partial charge in [-0.2, -0.15) is 0 Å². The van der Waals surface area contributed by atoms with Gasteiger partial charge in [-0.3, -0.25) is 0 Å². The van der Waals surface area contributed by atoms with Crippen LogP contribution in [0.1, 0.15) is 12.5 Å². The second-order valence-corrected chi connectivity index (χ2v) is 4.20. The number of imidazole rings is 1. The molecule has 0 bridgehead atoms. The molecular weight excluding hydrogens is 258 g/mol. The van der Waals surface area contributed by atoms with Gasteiger partial charge in [0.2, 0.25) is 0 Å². The molecule has 1 heterocycles. The molecule has 0 saturated heterocycles. The Morgan fingerprint density at radius 1 is 1.33 bits per heavy atom. The van der Waals surface area contributed by atoms with Gasteiger partial charge in [-0.1, -0.05) is 22.9 Å². The van der Waals surface area contributed by atoms with Crippen LogP contribution in [0, 0.1) is 0 Å². The van der Waals surface area contributed by atoms with Crippen LogP contribution in [-0.4, -0.2) is 16.5 Å². The Kier molecular flexibility index (Phi) is 2.93. The van der Waals surface area contributed by atoms with Gasteiger partial charge in [0.05, 0.1) is 11.0 Å². The van der Waals surface area contributed by atoms with Crippen LogP contribution in [0.2, 0.25) is 0 Å². The van der Waals surface area contributed by atoms with Gasteiger partial charge in [0, 0.05) is 11.0 Å². The monoisotopic (exact) mass is 269 g/mol. The van der Waals surface area contributed by atoms with E-state index in [9.17, 15) is 4.79 Å². The van der Waals surface area contributed by atoms with Gasteiger partial charge in [-0.15, -0.1) is 0 Å². The lowest BCUT2D eigenvalue weighted by atomic mass is 10.2. The Hall–Kier alpha value is -1.07. The van der Waals surface area contributed by atoms with E-state index in [0.717, 1.165) is 34.2 Å². The summed E-state index contributed by atoms with van der Waals surface area (Å²) in [4.78, 5) is 16.5. The van der Waals surface area contributed by atoms with Crippen molar-refractivity contribution >= 4 is 27.0 Å². The molecule has 2 rings (SSSR count). The van der Waals surface area contributed by atoms with Crippen molar-refractivity contribution in [3.8, 4) is 0 Å². The summed E-state index contributed by atoms with van der Waals surface area (Å²) < 4.78 is 1.01. The molecule has 0 radical (unpaired) electrons. The molecule has 0 aliphatic rings. The van der Waals surface area contributed by atoms with Gasteiger partial charge in [0.25, 0.3) is 0 Å². The minimum absolute atomic E-state index is 0.169. The maximum absolute atomic E-state index is 11.1. The number of fused-ring (bicyclic) bond motifs is 1. The summed E-state index contributed by atoms with van der Waals surface area (Å²) in [6.07, 6.45) is 0. The van der Waals surface area contributed by atoms with Crippen LogP contribution in [0.3, 0.4) is 0 Å². The van der Waals surface area contributed by atoms with E-state index in [1.54, 1.807) is 0 Å². The minimum Gasteiger partial charge on any atom is -0.313 e. The molecule has 0 spiro atoms. The van der Waals surface area contributed by atoms with Gasteiger partial charge in [0.15, 0.2) is 0 Å². The number of hydrogen-bond donors (Lipinski definition) is 3. The third-order valence-electron chi connectivity index (χ3n) is 2.25. The SMILES string of the molecule is CCNCc1cc2[nH]c(=O)[nH]c2cc1Br. The molecule has 0 saturated carbocycles. The number of aromatic amines is 2. The van der Waals surface area contributed by atoms with Crippen LogP contribution in [0.15, 0.2) is 21.4 Å². The zero-order valence-corrected chi connectivity index (χ0v) is 9.94. The van der Waals surface area contributed by atoms with Crippen LogP contribution in [0.25, 0.3) is 11.0 Å². The van der Waals surface area contributed by atoms with Crippen molar-refractivity contribution in [3.05, 3.63) is 32.7 Å². The van der Waals surface area contributed by atoms with E-state index in [0.29, 0.717) is 0 Å². The highest BCUT2D eigenvalue weighted by atomic mass is 79.9. The summed E-state index contributed by atoms with van der Waals surface area (Å²) in [5, 5.41) is 3.24. The molecule has 0 atom stereocenters. The molecule has 0 fully saturated rings. The van der Waals surface area contributed by atoms with Crippen molar-refractivity contribution in [1.29, 1.82) is 0 Å². The van der Waals surface area contributed by atoms with Gasteiger partial charge >= 0.3 is 5.69 Å². The van der Waals surface area contributed by atoms with E-state index in [1.807, 2.05) is 12.1 Å². The molecule has 0 aliphatic carbocycles. The summed E-state index contributed by atoms with van der Waals surface area (Å²) in [6.45, 7) is 3.78. The Bertz CT molecular complexity index is 529. The largest absolute Gasteiger partial charge is 0.323 e. The summed E-state index contributed by atoms with van der Waals surface area (Å²) >= 11 is 3.48. The lowest BCUT2D eigenvalue weighted by Crippen LogP contribution is -2.12. The number of H-pyrrole nitrogens is 2. The second kappa shape index (κ2) is 4.20. The highest BCUT2D eigenvalue weighted by molar-refractivity contribution is 9.10. The summed E-state index contributed by atoms with van der Waals surface area (Å²) in [5.41, 5.74) is 2.64. The Labute approximate surface area is 95.2 Å². The first-order valence-electron chi connectivity index (χ1n) is 4.82. The van der Waals surface area contributed by atoms with E-state index in [1.165, 1.54) is 0 Å². The maximum Gasteiger partial charge on any atom is 0.323 e. The van der Waals surface area contributed by atoms with Crippen molar-refractivity contribution in [1.82, 2.24) is 15.3 Å². The number of hydrogen-bond acceptors (Lipinski definition) is 2. The van der Waals surface area contributed by atoms with Crippen molar-refractivity contribution in [2.45, 2.75) is 13.5 Å². The number of benzene rings is 1. The molecule has 15 heavy (non-hydrogen) atoms. The first-order valence-corrected chi connectivity index (χ1v) is 5.61.